The molecule has 2 aliphatic rings. The highest BCUT2D eigenvalue weighted by atomic mass is 79.9. The van der Waals surface area contributed by atoms with Gasteiger partial charge in [-0.25, -0.2) is 0 Å². The van der Waals surface area contributed by atoms with Crippen LogP contribution in [0.25, 0.3) is 0 Å². The summed E-state index contributed by atoms with van der Waals surface area (Å²) in [6.07, 6.45) is 5.93. The van der Waals surface area contributed by atoms with E-state index in [1.165, 1.54) is 45.3 Å². The first-order valence-electron chi connectivity index (χ1n) is 6.37. The number of hydrogen-bond donors (Lipinski definition) is 0. The molecule has 15 heavy (non-hydrogen) atoms. The lowest BCUT2D eigenvalue weighted by Crippen LogP contribution is -2.37. The fourth-order valence-electron chi connectivity index (χ4n) is 2.18. The fourth-order valence-corrected chi connectivity index (χ4v) is 2.36. The van der Waals surface area contributed by atoms with E-state index in [2.05, 4.69) is 34.7 Å². The van der Waals surface area contributed by atoms with Crippen molar-refractivity contribution in [1.82, 2.24) is 4.90 Å². The topological polar surface area (TPSA) is 3.24 Å². The van der Waals surface area contributed by atoms with E-state index < -0.39 is 0 Å². The Hall–Kier alpha value is 0.440. The van der Waals surface area contributed by atoms with E-state index in [1.807, 2.05) is 0 Å². The van der Waals surface area contributed by atoms with Crippen molar-refractivity contribution in [2.75, 3.05) is 25.0 Å². The quantitative estimate of drug-likeness (QED) is 0.642. The van der Waals surface area contributed by atoms with Gasteiger partial charge in [0.25, 0.3) is 0 Å². The Balaban J connectivity index is 1.79. The van der Waals surface area contributed by atoms with Crippen LogP contribution in [0, 0.1) is 17.3 Å². The van der Waals surface area contributed by atoms with E-state index >= 15 is 0 Å². The molecule has 88 valence electrons. The van der Waals surface area contributed by atoms with Crippen LogP contribution in [0.3, 0.4) is 0 Å². The zero-order valence-electron chi connectivity index (χ0n) is 10.1. The Labute approximate surface area is 103 Å². The molecule has 0 unspecified atom stereocenters. The molecule has 0 N–H and O–H groups in total. The SMILES string of the molecule is CC(C)(CBr)CN(CC1CC1)CC1CC1. The second-order valence-corrected chi connectivity index (χ2v) is 6.94. The van der Waals surface area contributed by atoms with Crippen molar-refractivity contribution in [3.8, 4) is 0 Å². The average Bonchev–Trinajstić information content (AvgIpc) is 2.99. The summed E-state index contributed by atoms with van der Waals surface area (Å²) >= 11 is 3.64. The Morgan fingerprint density at radius 1 is 1.07 bits per heavy atom. The molecule has 0 atom stereocenters. The number of rotatable bonds is 7. The van der Waals surface area contributed by atoms with Gasteiger partial charge in [0.15, 0.2) is 0 Å². The van der Waals surface area contributed by atoms with Gasteiger partial charge in [0.2, 0.25) is 0 Å². The molecule has 2 saturated carbocycles. The monoisotopic (exact) mass is 273 g/mol. The van der Waals surface area contributed by atoms with E-state index in [-0.39, 0.29) is 0 Å². The summed E-state index contributed by atoms with van der Waals surface area (Å²) < 4.78 is 0. The maximum atomic E-state index is 3.64. The molecular formula is C13H24BrN. The Morgan fingerprint density at radius 3 is 1.87 bits per heavy atom. The van der Waals surface area contributed by atoms with Crippen LogP contribution in [-0.4, -0.2) is 29.9 Å². The lowest BCUT2D eigenvalue weighted by atomic mass is 9.95. The van der Waals surface area contributed by atoms with Gasteiger partial charge in [0.1, 0.15) is 0 Å². The van der Waals surface area contributed by atoms with Crippen LogP contribution in [0.15, 0.2) is 0 Å². The molecule has 0 aromatic rings. The molecule has 0 saturated heterocycles. The molecule has 0 spiro atoms. The largest absolute Gasteiger partial charge is 0.302 e. The first-order chi connectivity index (χ1) is 7.09. The van der Waals surface area contributed by atoms with E-state index in [0.717, 1.165) is 17.2 Å². The summed E-state index contributed by atoms with van der Waals surface area (Å²) in [6.45, 7) is 8.74. The van der Waals surface area contributed by atoms with Crippen molar-refractivity contribution < 1.29 is 0 Å². The molecule has 2 rings (SSSR count). The lowest BCUT2D eigenvalue weighted by Gasteiger charge is -2.31. The molecule has 2 heteroatoms. The van der Waals surface area contributed by atoms with Crippen molar-refractivity contribution in [1.29, 1.82) is 0 Å². The maximum absolute atomic E-state index is 3.64. The van der Waals surface area contributed by atoms with Crippen LogP contribution >= 0.6 is 15.9 Å². The van der Waals surface area contributed by atoms with Gasteiger partial charge in [-0.15, -0.1) is 0 Å². The third-order valence-corrected chi connectivity index (χ3v) is 4.96. The maximum Gasteiger partial charge on any atom is 0.00949 e. The molecule has 0 bridgehead atoms. The van der Waals surface area contributed by atoms with Gasteiger partial charge in [-0.05, 0) is 42.9 Å². The van der Waals surface area contributed by atoms with Crippen molar-refractivity contribution in [2.45, 2.75) is 39.5 Å². The van der Waals surface area contributed by atoms with Crippen molar-refractivity contribution in [3.05, 3.63) is 0 Å². The number of nitrogens with zero attached hydrogens (tertiary/aromatic N) is 1. The Morgan fingerprint density at radius 2 is 1.53 bits per heavy atom. The minimum Gasteiger partial charge on any atom is -0.302 e. The van der Waals surface area contributed by atoms with Gasteiger partial charge in [-0.1, -0.05) is 29.8 Å². The molecule has 1 nitrogen and oxygen atoms in total. The second-order valence-electron chi connectivity index (χ2n) is 6.38. The highest BCUT2D eigenvalue weighted by Gasteiger charge is 2.31. The normalized spacial score (nSPS) is 22.4. The van der Waals surface area contributed by atoms with Gasteiger partial charge in [0.05, 0.1) is 0 Å². The predicted octanol–water partition coefficient (Wildman–Crippen LogP) is 3.53. The smallest absolute Gasteiger partial charge is 0.00949 e. The molecule has 0 aromatic heterocycles. The number of alkyl halides is 1. The Kier molecular flexibility index (Phi) is 3.77. The predicted molar refractivity (Wildman–Crippen MR) is 69.5 cm³/mol. The van der Waals surface area contributed by atoms with E-state index in [0.29, 0.717) is 5.41 Å². The van der Waals surface area contributed by atoms with Crippen molar-refractivity contribution in [2.24, 2.45) is 17.3 Å². The average molecular weight is 274 g/mol. The highest BCUT2D eigenvalue weighted by molar-refractivity contribution is 9.09. The summed E-state index contributed by atoms with van der Waals surface area (Å²) in [4.78, 5) is 2.73. The lowest BCUT2D eigenvalue weighted by molar-refractivity contribution is 0.181. The van der Waals surface area contributed by atoms with Gasteiger partial charge in [-0.2, -0.15) is 0 Å². The van der Waals surface area contributed by atoms with Crippen LogP contribution in [0.2, 0.25) is 0 Å². The molecule has 0 aliphatic heterocycles. The molecule has 2 fully saturated rings. The minimum atomic E-state index is 0.434. The van der Waals surface area contributed by atoms with Crippen LogP contribution < -0.4 is 0 Å². The van der Waals surface area contributed by atoms with Crippen LogP contribution in [-0.2, 0) is 0 Å². The summed E-state index contributed by atoms with van der Waals surface area (Å²) in [5, 5.41) is 1.12. The van der Waals surface area contributed by atoms with Gasteiger partial charge < -0.3 is 4.90 Å². The minimum absolute atomic E-state index is 0.434. The summed E-state index contributed by atoms with van der Waals surface area (Å²) in [7, 11) is 0. The van der Waals surface area contributed by atoms with E-state index in [1.54, 1.807) is 0 Å². The first-order valence-corrected chi connectivity index (χ1v) is 7.49. The van der Waals surface area contributed by atoms with Gasteiger partial charge >= 0.3 is 0 Å². The fraction of sp³-hybridized carbons (Fsp3) is 1.00. The van der Waals surface area contributed by atoms with Gasteiger partial charge in [-0.3, -0.25) is 0 Å². The van der Waals surface area contributed by atoms with E-state index in [4.69, 9.17) is 0 Å². The van der Waals surface area contributed by atoms with Gasteiger partial charge in [0, 0.05) is 25.0 Å². The summed E-state index contributed by atoms with van der Waals surface area (Å²) in [6, 6.07) is 0. The molecule has 0 amide bonds. The molecule has 0 heterocycles. The zero-order valence-corrected chi connectivity index (χ0v) is 11.7. The number of hydrogen-bond acceptors (Lipinski definition) is 1. The Bertz CT molecular complexity index is 193. The van der Waals surface area contributed by atoms with Crippen molar-refractivity contribution in [3.63, 3.8) is 0 Å². The first kappa shape index (κ1) is 11.9. The highest BCUT2D eigenvalue weighted by Crippen LogP contribution is 2.35. The molecular weight excluding hydrogens is 250 g/mol. The van der Waals surface area contributed by atoms with Crippen LogP contribution in [0.1, 0.15) is 39.5 Å². The zero-order chi connectivity index (χ0) is 10.9. The summed E-state index contributed by atoms with van der Waals surface area (Å²) in [5.74, 6) is 2.07. The molecule has 2 aliphatic carbocycles. The third-order valence-electron chi connectivity index (χ3n) is 3.44. The second kappa shape index (κ2) is 4.75. The van der Waals surface area contributed by atoms with Crippen LogP contribution in [0.4, 0.5) is 0 Å². The van der Waals surface area contributed by atoms with Crippen LogP contribution in [0.5, 0.6) is 0 Å². The number of halogens is 1. The summed E-state index contributed by atoms with van der Waals surface area (Å²) in [5.41, 5.74) is 0.434. The van der Waals surface area contributed by atoms with E-state index in [9.17, 15) is 0 Å². The molecule has 0 radical (unpaired) electrons. The third kappa shape index (κ3) is 4.44. The van der Waals surface area contributed by atoms with Crippen molar-refractivity contribution >= 4 is 15.9 Å². The molecule has 0 aromatic carbocycles. The standard InChI is InChI=1S/C13H24BrN/c1-13(2,9-14)10-15(7-11-3-4-11)8-12-5-6-12/h11-12H,3-10H2,1-2H3.